The van der Waals surface area contributed by atoms with Crippen LogP contribution in [0.2, 0.25) is 0 Å². The molecule has 0 saturated heterocycles. The van der Waals surface area contributed by atoms with Crippen LogP contribution in [0.3, 0.4) is 0 Å². The number of nitrogens with zero attached hydrogens (tertiary/aromatic N) is 5. The van der Waals surface area contributed by atoms with E-state index in [1.165, 1.54) is 11.0 Å². The molecule has 3 N–H and O–H groups in total. The third-order valence-electron chi connectivity index (χ3n) is 5.29. The summed E-state index contributed by atoms with van der Waals surface area (Å²) in [6, 6.07) is 15.9. The van der Waals surface area contributed by atoms with Gasteiger partial charge in [0.1, 0.15) is 11.6 Å². The molecule has 174 valence electrons. The monoisotopic (exact) mass is 461 g/mol. The quantitative estimate of drug-likeness (QED) is 0.400. The number of hydrogen-bond donors (Lipinski definition) is 2. The highest BCUT2D eigenvalue weighted by Gasteiger charge is 2.17. The molecule has 0 aliphatic carbocycles. The zero-order valence-corrected chi connectivity index (χ0v) is 18.9. The van der Waals surface area contributed by atoms with Gasteiger partial charge in [0.2, 0.25) is 5.95 Å². The van der Waals surface area contributed by atoms with Crippen LogP contribution in [0.25, 0.3) is 11.4 Å². The summed E-state index contributed by atoms with van der Waals surface area (Å²) >= 11 is 0. The van der Waals surface area contributed by atoms with Gasteiger partial charge in [0.05, 0.1) is 11.8 Å². The number of hydrogen-bond acceptors (Lipinski definition) is 7. The second kappa shape index (κ2) is 10.3. The lowest BCUT2D eigenvalue weighted by Gasteiger charge is -2.20. The van der Waals surface area contributed by atoms with Gasteiger partial charge >= 0.3 is 0 Å². The van der Waals surface area contributed by atoms with E-state index in [0.717, 1.165) is 23.7 Å². The Morgan fingerprint density at radius 1 is 0.971 bits per heavy atom. The van der Waals surface area contributed by atoms with Crippen molar-refractivity contribution >= 4 is 17.6 Å². The zero-order valence-electron chi connectivity index (χ0n) is 18.9. The van der Waals surface area contributed by atoms with E-state index >= 15 is 0 Å². The molecule has 0 bridgehead atoms. The van der Waals surface area contributed by atoms with Crippen LogP contribution >= 0.6 is 0 Å². The van der Waals surface area contributed by atoms with Crippen molar-refractivity contribution in [1.29, 1.82) is 0 Å². The summed E-state index contributed by atoms with van der Waals surface area (Å²) in [5.41, 5.74) is 8.15. The highest BCUT2D eigenvalue weighted by Crippen LogP contribution is 2.26. The van der Waals surface area contributed by atoms with Crippen LogP contribution < -0.4 is 16.0 Å². The fraction of sp³-hybridized carbons (Fsp3) is 0.200. The van der Waals surface area contributed by atoms with Crippen LogP contribution in [0.15, 0.2) is 67.0 Å². The summed E-state index contributed by atoms with van der Waals surface area (Å²) in [6.07, 6.45) is 3.36. The van der Waals surface area contributed by atoms with Gasteiger partial charge in [-0.15, -0.1) is 0 Å². The maximum Gasteiger partial charge on any atom is 0.224 e. The van der Waals surface area contributed by atoms with E-state index in [4.69, 9.17) is 5.73 Å². The molecule has 0 saturated carbocycles. The van der Waals surface area contributed by atoms with E-state index in [-0.39, 0.29) is 23.2 Å². The fourth-order valence-corrected chi connectivity index (χ4v) is 3.59. The molecule has 2 heterocycles. The van der Waals surface area contributed by atoms with Gasteiger partial charge in [-0.2, -0.15) is 4.98 Å². The second-order valence-corrected chi connectivity index (χ2v) is 7.92. The van der Waals surface area contributed by atoms with Crippen molar-refractivity contribution in [3.05, 3.63) is 89.8 Å². The molecule has 0 spiro atoms. The SMILES string of the molecule is C[C@@H](Cc1cccc(CN)c1)Nc1nccc(N(C)c2nc(-c3ccccc3F)ncc2F)n1. The van der Waals surface area contributed by atoms with Gasteiger partial charge in [-0.25, -0.2) is 23.7 Å². The smallest absolute Gasteiger partial charge is 0.224 e. The highest BCUT2D eigenvalue weighted by molar-refractivity contribution is 5.62. The number of rotatable bonds is 8. The van der Waals surface area contributed by atoms with Gasteiger partial charge in [0, 0.05) is 25.8 Å². The number of halogens is 2. The van der Waals surface area contributed by atoms with Gasteiger partial charge < -0.3 is 16.0 Å². The van der Waals surface area contributed by atoms with Crippen molar-refractivity contribution < 1.29 is 8.78 Å². The molecule has 0 aliphatic rings. The molecule has 2 aromatic carbocycles. The first-order valence-corrected chi connectivity index (χ1v) is 10.8. The normalized spacial score (nSPS) is 11.8. The Labute approximate surface area is 196 Å². The molecule has 0 unspecified atom stereocenters. The fourth-order valence-electron chi connectivity index (χ4n) is 3.59. The van der Waals surface area contributed by atoms with Gasteiger partial charge in [-0.1, -0.05) is 36.4 Å². The summed E-state index contributed by atoms with van der Waals surface area (Å²) in [6.45, 7) is 2.52. The second-order valence-electron chi connectivity index (χ2n) is 7.92. The first-order valence-electron chi connectivity index (χ1n) is 10.8. The van der Waals surface area contributed by atoms with E-state index in [1.54, 1.807) is 37.5 Å². The third-order valence-corrected chi connectivity index (χ3v) is 5.29. The first-order chi connectivity index (χ1) is 16.4. The Kier molecular flexibility index (Phi) is 7.03. The number of nitrogens with two attached hydrogens (primary N) is 1. The van der Waals surface area contributed by atoms with E-state index in [9.17, 15) is 8.78 Å². The van der Waals surface area contributed by atoms with Crippen LogP contribution in [0.1, 0.15) is 18.1 Å². The molecular weight excluding hydrogens is 436 g/mol. The predicted molar refractivity (Wildman–Crippen MR) is 129 cm³/mol. The van der Waals surface area contributed by atoms with Crippen LogP contribution in [0.5, 0.6) is 0 Å². The van der Waals surface area contributed by atoms with Crippen LogP contribution in [-0.2, 0) is 13.0 Å². The number of benzene rings is 2. The van der Waals surface area contributed by atoms with Crippen molar-refractivity contribution in [3.8, 4) is 11.4 Å². The Bertz CT molecular complexity index is 1280. The topological polar surface area (TPSA) is 92.8 Å². The largest absolute Gasteiger partial charge is 0.351 e. The molecule has 0 radical (unpaired) electrons. The van der Waals surface area contributed by atoms with Crippen molar-refractivity contribution in [3.63, 3.8) is 0 Å². The maximum absolute atomic E-state index is 14.6. The van der Waals surface area contributed by atoms with Gasteiger partial charge in [0.25, 0.3) is 0 Å². The lowest BCUT2D eigenvalue weighted by molar-refractivity contribution is 0.611. The van der Waals surface area contributed by atoms with Crippen molar-refractivity contribution in [2.75, 3.05) is 17.3 Å². The molecule has 34 heavy (non-hydrogen) atoms. The van der Waals surface area contributed by atoms with Crippen LogP contribution in [0.4, 0.5) is 26.4 Å². The highest BCUT2D eigenvalue weighted by atomic mass is 19.1. The van der Waals surface area contributed by atoms with Crippen molar-refractivity contribution in [2.45, 2.75) is 25.9 Å². The molecule has 4 aromatic rings. The Morgan fingerprint density at radius 3 is 2.56 bits per heavy atom. The molecule has 0 amide bonds. The zero-order chi connectivity index (χ0) is 24.1. The summed E-state index contributed by atoms with van der Waals surface area (Å²) < 4.78 is 28.8. The minimum atomic E-state index is -0.649. The summed E-state index contributed by atoms with van der Waals surface area (Å²) in [7, 11) is 1.63. The van der Waals surface area contributed by atoms with Gasteiger partial charge in [-0.3, -0.25) is 0 Å². The molecular formula is C25H25F2N7. The molecule has 1 atom stereocenters. The molecule has 4 rings (SSSR count). The lowest BCUT2D eigenvalue weighted by Crippen LogP contribution is -2.21. The Balaban J connectivity index is 1.53. The third kappa shape index (κ3) is 5.32. The number of nitrogens with one attached hydrogen (secondary N) is 1. The van der Waals surface area contributed by atoms with Crippen LogP contribution in [-0.4, -0.2) is 33.0 Å². The van der Waals surface area contributed by atoms with Gasteiger partial charge in [-0.05, 0) is 42.7 Å². The van der Waals surface area contributed by atoms with Crippen molar-refractivity contribution in [1.82, 2.24) is 19.9 Å². The van der Waals surface area contributed by atoms with E-state index in [1.807, 2.05) is 25.1 Å². The minimum absolute atomic E-state index is 0.0236. The van der Waals surface area contributed by atoms with Crippen molar-refractivity contribution in [2.24, 2.45) is 5.73 Å². The lowest BCUT2D eigenvalue weighted by atomic mass is 10.0. The molecule has 0 aliphatic heterocycles. The molecule has 0 fully saturated rings. The standard InChI is InChI=1S/C25H25F2N7/c1-16(12-17-6-5-7-18(13-17)14-28)31-25-29-11-10-22(32-25)34(2)24-21(27)15-30-23(33-24)19-8-3-4-9-20(19)26/h3-11,13,15-16H,12,14,28H2,1-2H3,(H,29,31,32)/t16-/m0/s1. The molecule has 9 heteroatoms. The van der Waals surface area contributed by atoms with E-state index in [0.29, 0.717) is 18.3 Å². The first kappa shape index (κ1) is 23.2. The summed E-state index contributed by atoms with van der Waals surface area (Å²) in [5.74, 6) is -0.250. The minimum Gasteiger partial charge on any atom is -0.351 e. The predicted octanol–water partition coefficient (Wildman–Crippen LogP) is 4.48. The average molecular weight is 462 g/mol. The van der Waals surface area contributed by atoms with E-state index < -0.39 is 11.6 Å². The Morgan fingerprint density at radius 2 is 1.76 bits per heavy atom. The number of anilines is 3. The van der Waals surface area contributed by atoms with Gasteiger partial charge in [0.15, 0.2) is 17.5 Å². The summed E-state index contributed by atoms with van der Waals surface area (Å²) in [4.78, 5) is 18.5. The Hall–Kier alpha value is -3.98. The molecule has 2 aromatic heterocycles. The number of aromatic nitrogens is 4. The summed E-state index contributed by atoms with van der Waals surface area (Å²) in [5, 5.41) is 3.28. The maximum atomic E-state index is 14.6. The van der Waals surface area contributed by atoms with E-state index in [2.05, 4.69) is 31.3 Å². The average Bonchev–Trinajstić information content (AvgIpc) is 2.84. The van der Waals surface area contributed by atoms with Crippen LogP contribution in [0, 0.1) is 11.6 Å². The molecule has 7 nitrogen and oxygen atoms in total.